The second-order valence-corrected chi connectivity index (χ2v) is 6.62. The molecule has 0 spiro atoms. The van der Waals surface area contributed by atoms with Crippen LogP contribution in [0.4, 0.5) is 18.9 Å². The van der Waals surface area contributed by atoms with Crippen molar-refractivity contribution in [2.45, 2.75) is 12.7 Å². The zero-order chi connectivity index (χ0) is 22.3. The van der Waals surface area contributed by atoms with E-state index in [1.165, 1.54) is 18.4 Å². The molecule has 158 valence electrons. The Labute approximate surface area is 171 Å². The molecule has 31 heavy (non-hydrogen) atoms. The van der Waals surface area contributed by atoms with Crippen LogP contribution in [0.2, 0.25) is 0 Å². The number of fused-ring (bicyclic) bond motifs is 1. The summed E-state index contributed by atoms with van der Waals surface area (Å²) in [6, 6.07) is 7.35. The van der Waals surface area contributed by atoms with Gasteiger partial charge in [0.15, 0.2) is 0 Å². The topological polar surface area (TPSA) is 112 Å². The molecule has 0 atom stereocenters. The normalized spacial score (nSPS) is 13.5. The molecule has 4 rings (SSSR count). The van der Waals surface area contributed by atoms with Gasteiger partial charge in [0, 0.05) is 11.8 Å². The van der Waals surface area contributed by atoms with Gasteiger partial charge in [-0.15, -0.1) is 0 Å². The zero-order valence-electron chi connectivity index (χ0n) is 15.4. The molecule has 0 saturated carbocycles. The summed E-state index contributed by atoms with van der Waals surface area (Å²) in [6.07, 6.45) is -2.84. The highest BCUT2D eigenvalue weighted by molar-refractivity contribution is 6.22. The number of aromatic nitrogens is 1. The summed E-state index contributed by atoms with van der Waals surface area (Å²) in [7, 11) is 0. The number of rotatable bonds is 4. The summed E-state index contributed by atoms with van der Waals surface area (Å²) < 4.78 is 43.7. The number of nitrogens with one attached hydrogen (secondary N) is 2. The highest BCUT2D eigenvalue weighted by Crippen LogP contribution is 2.29. The van der Waals surface area contributed by atoms with Crippen LogP contribution in [0.25, 0.3) is 0 Å². The smallest absolute Gasteiger partial charge is 0.417 e. The summed E-state index contributed by atoms with van der Waals surface area (Å²) in [6.45, 7) is -0.0967. The summed E-state index contributed by atoms with van der Waals surface area (Å²) in [5.41, 5.74) is -2.77. The van der Waals surface area contributed by atoms with Crippen LogP contribution in [0.15, 0.2) is 58.1 Å². The van der Waals surface area contributed by atoms with Crippen molar-refractivity contribution in [3.05, 3.63) is 87.2 Å². The molecule has 3 amide bonds. The highest BCUT2D eigenvalue weighted by Gasteiger charge is 2.36. The van der Waals surface area contributed by atoms with Gasteiger partial charge in [0.05, 0.1) is 29.5 Å². The van der Waals surface area contributed by atoms with Crippen LogP contribution in [0.1, 0.15) is 42.4 Å². The minimum absolute atomic E-state index is 0.0397. The number of halogens is 3. The summed E-state index contributed by atoms with van der Waals surface area (Å²) in [4.78, 5) is 52.2. The third-order valence-electron chi connectivity index (χ3n) is 4.61. The fourth-order valence-corrected chi connectivity index (χ4v) is 3.07. The van der Waals surface area contributed by atoms with Crippen molar-refractivity contribution >= 4 is 23.4 Å². The Morgan fingerprint density at radius 1 is 1.06 bits per heavy atom. The average Bonchev–Trinajstić information content (AvgIpc) is 3.31. The van der Waals surface area contributed by atoms with E-state index in [0.717, 1.165) is 11.0 Å². The number of hydrogen-bond acceptors (Lipinski definition) is 5. The molecule has 1 aliphatic rings. The molecule has 1 aromatic carbocycles. The van der Waals surface area contributed by atoms with Crippen molar-refractivity contribution < 1.29 is 32.0 Å². The number of pyridine rings is 1. The van der Waals surface area contributed by atoms with Crippen LogP contribution in [0.3, 0.4) is 0 Å². The quantitative estimate of drug-likeness (QED) is 0.617. The van der Waals surface area contributed by atoms with E-state index in [1.807, 2.05) is 4.98 Å². The van der Waals surface area contributed by atoms with Gasteiger partial charge in [0.25, 0.3) is 23.3 Å². The summed E-state index contributed by atoms with van der Waals surface area (Å²) in [5.74, 6) is -1.76. The highest BCUT2D eigenvalue weighted by atomic mass is 19.4. The first-order valence-electron chi connectivity index (χ1n) is 8.79. The fourth-order valence-electron chi connectivity index (χ4n) is 3.07. The van der Waals surface area contributed by atoms with Crippen LogP contribution in [-0.2, 0) is 12.7 Å². The molecule has 1 aliphatic heterocycles. The van der Waals surface area contributed by atoms with Gasteiger partial charge in [-0.25, -0.2) is 0 Å². The Hall–Kier alpha value is -4.15. The van der Waals surface area contributed by atoms with Crippen LogP contribution < -0.4 is 10.9 Å². The molecule has 0 radical (unpaired) electrons. The Kier molecular flexibility index (Phi) is 4.72. The second kappa shape index (κ2) is 7.27. The number of alkyl halides is 3. The van der Waals surface area contributed by atoms with Gasteiger partial charge < -0.3 is 14.7 Å². The molecule has 0 unspecified atom stereocenters. The number of hydrogen-bond donors (Lipinski definition) is 2. The third-order valence-corrected chi connectivity index (χ3v) is 4.61. The molecule has 11 heteroatoms. The van der Waals surface area contributed by atoms with Crippen molar-refractivity contribution in [3.63, 3.8) is 0 Å². The molecule has 0 fully saturated rings. The lowest BCUT2D eigenvalue weighted by Crippen LogP contribution is -2.28. The number of anilines is 1. The van der Waals surface area contributed by atoms with E-state index in [2.05, 4.69) is 5.32 Å². The van der Waals surface area contributed by atoms with Crippen LogP contribution in [0.5, 0.6) is 0 Å². The van der Waals surface area contributed by atoms with Gasteiger partial charge in [-0.3, -0.25) is 24.1 Å². The number of benzene rings is 1. The molecular formula is C20H12F3N3O5. The molecule has 3 aromatic rings. The predicted molar refractivity (Wildman–Crippen MR) is 99.4 cm³/mol. The SMILES string of the molecule is O=C(Nc1cc(C(F)(F)F)c[nH]c1=O)c1ccc2c(c1)C(=O)N(Cc1ccco1)C2=O. The Morgan fingerprint density at radius 3 is 2.48 bits per heavy atom. The van der Waals surface area contributed by atoms with E-state index < -0.39 is 40.7 Å². The molecule has 8 nitrogen and oxygen atoms in total. The van der Waals surface area contributed by atoms with Gasteiger partial charge in [-0.2, -0.15) is 13.2 Å². The third kappa shape index (κ3) is 3.72. The van der Waals surface area contributed by atoms with Crippen molar-refractivity contribution in [2.24, 2.45) is 0 Å². The number of aromatic amines is 1. The lowest BCUT2D eigenvalue weighted by molar-refractivity contribution is -0.137. The van der Waals surface area contributed by atoms with Gasteiger partial charge >= 0.3 is 6.18 Å². The van der Waals surface area contributed by atoms with Gasteiger partial charge in [0.2, 0.25) is 0 Å². The zero-order valence-corrected chi connectivity index (χ0v) is 15.4. The number of carbonyl (C=O) groups is 3. The maximum atomic E-state index is 12.8. The number of H-pyrrole nitrogens is 1. The molecule has 0 aliphatic carbocycles. The average molecular weight is 431 g/mol. The number of carbonyl (C=O) groups excluding carboxylic acids is 3. The number of imide groups is 1. The standard InChI is InChI=1S/C20H12F3N3O5/c21-20(22,23)11-7-15(17(28)24-8-11)25-16(27)10-3-4-13-14(6-10)19(30)26(18(13)29)9-12-2-1-5-31-12/h1-8H,9H2,(H,24,28)(H,25,27). The van der Waals surface area contributed by atoms with Crippen molar-refractivity contribution in [3.8, 4) is 0 Å². The maximum Gasteiger partial charge on any atom is 0.417 e. The largest absolute Gasteiger partial charge is 0.467 e. The Bertz CT molecular complexity index is 1260. The van der Waals surface area contributed by atoms with Crippen LogP contribution >= 0.6 is 0 Å². The van der Waals surface area contributed by atoms with Gasteiger partial charge in [0.1, 0.15) is 11.4 Å². The molecule has 0 saturated heterocycles. The lowest BCUT2D eigenvalue weighted by atomic mass is 10.1. The second-order valence-electron chi connectivity index (χ2n) is 6.62. The predicted octanol–water partition coefficient (Wildman–Crippen LogP) is 3.04. The Morgan fingerprint density at radius 2 is 1.81 bits per heavy atom. The van der Waals surface area contributed by atoms with E-state index in [9.17, 15) is 32.3 Å². The monoisotopic (exact) mass is 431 g/mol. The first kappa shape index (κ1) is 20.1. The van der Waals surface area contributed by atoms with Gasteiger partial charge in [-0.05, 0) is 36.4 Å². The maximum absolute atomic E-state index is 12.8. The minimum Gasteiger partial charge on any atom is -0.467 e. The summed E-state index contributed by atoms with van der Waals surface area (Å²) in [5, 5.41) is 2.10. The summed E-state index contributed by atoms with van der Waals surface area (Å²) >= 11 is 0. The lowest BCUT2D eigenvalue weighted by Gasteiger charge is -2.11. The van der Waals surface area contributed by atoms with E-state index in [0.29, 0.717) is 18.0 Å². The molecule has 2 N–H and O–H groups in total. The van der Waals surface area contributed by atoms with E-state index in [4.69, 9.17) is 4.42 Å². The minimum atomic E-state index is -4.72. The van der Waals surface area contributed by atoms with Crippen molar-refractivity contribution in [1.82, 2.24) is 9.88 Å². The fraction of sp³-hybridized carbons (Fsp3) is 0.100. The Balaban J connectivity index is 1.59. The van der Waals surface area contributed by atoms with Crippen LogP contribution in [0, 0.1) is 0 Å². The van der Waals surface area contributed by atoms with Crippen molar-refractivity contribution in [1.29, 1.82) is 0 Å². The number of amides is 3. The number of furan rings is 1. The molecule has 3 heterocycles. The first-order valence-corrected chi connectivity index (χ1v) is 8.79. The first-order chi connectivity index (χ1) is 14.6. The van der Waals surface area contributed by atoms with Gasteiger partial charge in [-0.1, -0.05) is 0 Å². The van der Waals surface area contributed by atoms with Crippen LogP contribution in [-0.4, -0.2) is 27.6 Å². The molecular weight excluding hydrogens is 419 g/mol. The molecule has 0 bridgehead atoms. The molecule has 2 aromatic heterocycles. The van der Waals surface area contributed by atoms with E-state index in [-0.39, 0.29) is 23.2 Å². The van der Waals surface area contributed by atoms with E-state index >= 15 is 0 Å². The number of nitrogens with zero attached hydrogens (tertiary/aromatic N) is 1. The van der Waals surface area contributed by atoms with E-state index in [1.54, 1.807) is 12.1 Å². The van der Waals surface area contributed by atoms with Crippen molar-refractivity contribution in [2.75, 3.05) is 5.32 Å².